The lowest BCUT2D eigenvalue weighted by Crippen LogP contribution is -2.37. The summed E-state index contributed by atoms with van der Waals surface area (Å²) in [6.07, 6.45) is 0.301. The van der Waals surface area contributed by atoms with Gasteiger partial charge in [0.1, 0.15) is 0 Å². The third kappa shape index (κ3) is 5.51. The second kappa shape index (κ2) is 6.20. The van der Waals surface area contributed by atoms with Crippen LogP contribution >= 0.6 is 11.3 Å². The lowest BCUT2D eigenvalue weighted by molar-refractivity contribution is 0.129. The number of rotatable bonds is 5. The molecule has 0 aliphatic carbocycles. The van der Waals surface area contributed by atoms with E-state index >= 15 is 0 Å². The third-order valence-corrected chi connectivity index (χ3v) is 3.47. The van der Waals surface area contributed by atoms with E-state index in [0.29, 0.717) is 13.0 Å². The summed E-state index contributed by atoms with van der Waals surface area (Å²) in [5.74, 6) is 0. The highest BCUT2D eigenvalue weighted by molar-refractivity contribution is 7.16. The molecule has 5 heteroatoms. The van der Waals surface area contributed by atoms with Gasteiger partial charge in [-0.25, -0.2) is 4.79 Å². The summed E-state index contributed by atoms with van der Waals surface area (Å²) in [5.41, 5.74) is -0.114. The Labute approximate surface area is 112 Å². The van der Waals surface area contributed by atoms with Gasteiger partial charge in [0.25, 0.3) is 0 Å². The Morgan fingerprint density at radius 2 is 2.17 bits per heavy atom. The molecule has 1 rings (SSSR count). The molecule has 0 bridgehead atoms. The number of carbonyl (C=O) groups excluding carboxylic acids is 1. The van der Waals surface area contributed by atoms with Crippen LogP contribution in [0.15, 0.2) is 12.1 Å². The van der Waals surface area contributed by atoms with Crippen LogP contribution in [0.4, 0.5) is 9.80 Å². The van der Waals surface area contributed by atoms with Crippen molar-refractivity contribution in [3.63, 3.8) is 0 Å². The van der Waals surface area contributed by atoms with Gasteiger partial charge in [0.2, 0.25) is 0 Å². The summed E-state index contributed by atoms with van der Waals surface area (Å²) in [5, 5.41) is 15.8. The first-order chi connectivity index (χ1) is 8.28. The summed E-state index contributed by atoms with van der Waals surface area (Å²) in [6.45, 7) is 8.34. The molecule has 0 saturated carbocycles. The number of hydrogen-bond acceptors (Lipinski definition) is 3. The quantitative estimate of drug-likeness (QED) is 0.770. The molecule has 0 fully saturated rings. The van der Waals surface area contributed by atoms with Crippen LogP contribution in [-0.4, -0.2) is 23.8 Å². The van der Waals surface area contributed by atoms with Gasteiger partial charge in [-0.1, -0.05) is 13.8 Å². The van der Waals surface area contributed by atoms with Crippen molar-refractivity contribution in [2.24, 2.45) is 5.41 Å². The van der Waals surface area contributed by atoms with Gasteiger partial charge in [0, 0.05) is 11.4 Å². The van der Waals surface area contributed by atoms with Crippen LogP contribution in [0.3, 0.4) is 0 Å². The predicted octanol–water partition coefficient (Wildman–Crippen LogP) is 2.98. The van der Waals surface area contributed by atoms with Crippen molar-refractivity contribution in [3.8, 4) is 0 Å². The first-order valence-electron chi connectivity index (χ1n) is 6.08. The number of carbonyl (C=O) groups is 1. The summed E-state index contributed by atoms with van der Waals surface area (Å²) in [6, 6.07) is 3.66. The molecule has 0 spiro atoms. The maximum absolute atomic E-state index is 11.7. The monoisotopic (exact) mass is 270 g/mol. The number of aryl methyl sites for hydroxylation is 1. The molecule has 0 aliphatic heterocycles. The predicted molar refractivity (Wildman–Crippen MR) is 76.2 cm³/mol. The fourth-order valence-electron chi connectivity index (χ4n) is 1.85. The summed E-state index contributed by atoms with van der Waals surface area (Å²) < 4.78 is 0. The molecule has 0 radical (unpaired) electrons. The second-order valence-corrected chi connectivity index (χ2v) is 6.72. The molecule has 0 aliphatic rings. The molecule has 1 unspecified atom stereocenters. The molecular weight excluding hydrogens is 248 g/mol. The van der Waals surface area contributed by atoms with E-state index in [1.165, 1.54) is 4.88 Å². The van der Waals surface area contributed by atoms with Crippen LogP contribution in [0.2, 0.25) is 0 Å². The van der Waals surface area contributed by atoms with Gasteiger partial charge < -0.3 is 10.4 Å². The third-order valence-electron chi connectivity index (χ3n) is 2.55. The molecule has 2 amide bonds. The van der Waals surface area contributed by atoms with Crippen LogP contribution < -0.4 is 10.6 Å². The van der Waals surface area contributed by atoms with Crippen LogP contribution in [0, 0.1) is 12.3 Å². The topological polar surface area (TPSA) is 61.4 Å². The number of nitrogens with one attached hydrogen (secondary N) is 2. The zero-order valence-corrected chi connectivity index (χ0v) is 12.2. The van der Waals surface area contributed by atoms with E-state index in [1.54, 1.807) is 18.3 Å². The molecular formula is C13H22N2O2S. The SMILES string of the molecule is Cc1ccc(NC(=O)NCC(C)(C)CC(C)O)s1. The van der Waals surface area contributed by atoms with Gasteiger partial charge in [-0.15, -0.1) is 11.3 Å². The van der Waals surface area contributed by atoms with E-state index in [0.717, 1.165) is 5.00 Å². The van der Waals surface area contributed by atoms with E-state index in [4.69, 9.17) is 0 Å². The minimum Gasteiger partial charge on any atom is -0.393 e. The van der Waals surface area contributed by atoms with Gasteiger partial charge in [-0.05, 0) is 37.8 Å². The van der Waals surface area contributed by atoms with Crippen molar-refractivity contribution >= 4 is 22.4 Å². The molecule has 0 aromatic carbocycles. The summed E-state index contributed by atoms with van der Waals surface area (Å²) in [7, 11) is 0. The lowest BCUT2D eigenvalue weighted by Gasteiger charge is -2.26. The van der Waals surface area contributed by atoms with E-state index in [9.17, 15) is 9.90 Å². The normalized spacial score (nSPS) is 13.2. The number of hydrogen-bond donors (Lipinski definition) is 3. The number of thiophene rings is 1. The fraction of sp³-hybridized carbons (Fsp3) is 0.615. The number of anilines is 1. The Morgan fingerprint density at radius 1 is 1.50 bits per heavy atom. The molecule has 102 valence electrons. The van der Waals surface area contributed by atoms with Crippen LogP contribution in [0.5, 0.6) is 0 Å². The van der Waals surface area contributed by atoms with Crippen LogP contribution in [-0.2, 0) is 0 Å². The lowest BCUT2D eigenvalue weighted by atomic mass is 9.87. The van der Waals surface area contributed by atoms with Crippen LogP contribution in [0.1, 0.15) is 32.1 Å². The number of amides is 2. The maximum Gasteiger partial charge on any atom is 0.319 e. The van der Waals surface area contributed by atoms with Gasteiger partial charge in [0.15, 0.2) is 0 Å². The Bertz CT molecular complexity index is 399. The Hall–Kier alpha value is -1.07. The van der Waals surface area contributed by atoms with E-state index in [-0.39, 0.29) is 17.6 Å². The second-order valence-electron chi connectivity index (χ2n) is 5.44. The first-order valence-corrected chi connectivity index (χ1v) is 6.89. The highest BCUT2D eigenvalue weighted by atomic mass is 32.1. The molecule has 1 aromatic rings. The Morgan fingerprint density at radius 3 is 2.67 bits per heavy atom. The van der Waals surface area contributed by atoms with Gasteiger partial charge in [-0.2, -0.15) is 0 Å². The summed E-state index contributed by atoms with van der Waals surface area (Å²) >= 11 is 1.55. The molecule has 1 heterocycles. The van der Waals surface area contributed by atoms with E-state index in [1.807, 2.05) is 32.9 Å². The first kappa shape index (κ1) is 15.0. The van der Waals surface area contributed by atoms with Gasteiger partial charge in [0.05, 0.1) is 11.1 Å². The van der Waals surface area contributed by atoms with Gasteiger partial charge in [-0.3, -0.25) is 5.32 Å². The molecule has 0 saturated heterocycles. The molecule has 3 N–H and O–H groups in total. The number of aliphatic hydroxyl groups is 1. The highest BCUT2D eigenvalue weighted by Gasteiger charge is 2.21. The van der Waals surface area contributed by atoms with Crippen molar-refractivity contribution < 1.29 is 9.90 Å². The van der Waals surface area contributed by atoms with Crippen molar-refractivity contribution in [2.45, 2.75) is 40.2 Å². The zero-order chi connectivity index (χ0) is 13.8. The van der Waals surface area contributed by atoms with Crippen molar-refractivity contribution in [1.29, 1.82) is 0 Å². The molecule has 1 atom stereocenters. The van der Waals surface area contributed by atoms with Crippen molar-refractivity contribution in [3.05, 3.63) is 17.0 Å². The number of aliphatic hydroxyl groups excluding tert-OH is 1. The molecule has 1 aromatic heterocycles. The average Bonchev–Trinajstić information content (AvgIpc) is 2.59. The Kier molecular flexibility index (Phi) is 5.16. The molecule has 4 nitrogen and oxygen atoms in total. The van der Waals surface area contributed by atoms with Crippen molar-refractivity contribution in [1.82, 2.24) is 5.32 Å². The van der Waals surface area contributed by atoms with E-state index < -0.39 is 0 Å². The summed E-state index contributed by atoms with van der Waals surface area (Å²) in [4.78, 5) is 12.8. The maximum atomic E-state index is 11.7. The largest absolute Gasteiger partial charge is 0.393 e. The van der Waals surface area contributed by atoms with Gasteiger partial charge >= 0.3 is 6.03 Å². The fourth-order valence-corrected chi connectivity index (χ4v) is 2.61. The van der Waals surface area contributed by atoms with Crippen molar-refractivity contribution in [2.75, 3.05) is 11.9 Å². The highest BCUT2D eigenvalue weighted by Crippen LogP contribution is 2.22. The smallest absolute Gasteiger partial charge is 0.319 e. The standard InChI is InChI=1S/C13H22N2O2S/c1-9(16)7-13(3,4)8-14-12(17)15-11-6-5-10(2)18-11/h5-6,9,16H,7-8H2,1-4H3,(H2,14,15,17). The van der Waals surface area contributed by atoms with Crippen LogP contribution in [0.25, 0.3) is 0 Å². The minimum absolute atomic E-state index is 0.114. The molecule has 18 heavy (non-hydrogen) atoms. The Balaban J connectivity index is 2.37. The van der Waals surface area contributed by atoms with E-state index in [2.05, 4.69) is 10.6 Å². The zero-order valence-electron chi connectivity index (χ0n) is 11.4. The number of urea groups is 1. The average molecular weight is 270 g/mol. The minimum atomic E-state index is -0.357.